The van der Waals surface area contributed by atoms with Gasteiger partial charge in [-0.05, 0) is 18.8 Å². The van der Waals surface area contributed by atoms with Crippen LogP contribution in [-0.4, -0.2) is 16.0 Å². The minimum Gasteiger partial charge on any atom is -0.293 e. The van der Waals surface area contributed by atoms with E-state index in [0.717, 1.165) is 29.8 Å². The van der Waals surface area contributed by atoms with Crippen LogP contribution < -0.4 is 0 Å². The van der Waals surface area contributed by atoms with Crippen molar-refractivity contribution < 1.29 is 4.79 Å². The number of allylic oxidation sites excluding steroid dienone is 2. The van der Waals surface area contributed by atoms with Gasteiger partial charge in [0.05, 0.1) is 11.3 Å². The van der Waals surface area contributed by atoms with Crippen LogP contribution in [0.25, 0.3) is 11.3 Å². The lowest BCUT2D eigenvalue weighted by molar-refractivity contribution is -0.128. The zero-order chi connectivity index (χ0) is 17.8. The Hall–Kier alpha value is -2.67. The number of carbonyl (C=O) groups is 1. The van der Waals surface area contributed by atoms with Crippen molar-refractivity contribution in [2.45, 2.75) is 39.0 Å². The number of nitrogens with one attached hydrogen (secondary N) is 1. The van der Waals surface area contributed by atoms with E-state index >= 15 is 0 Å². The molecule has 0 saturated heterocycles. The highest BCUT2D eigenvalue weighted by atomic mass is 16.1. The zero-order valence-corrected chi connectivity index (χ0v) is 14.8. The summed E-state index contributed by atoms with van der Waals surface area (Å²) in [5, 5.41) is 17.3. The van der Waals surface area contributed by atoms with Gasteiger partial charge in [0.15, 0.2) is 5.78 Å². The van der Waals surface area contributed by atoms with Crippen molar-refractivity contribution in [1.82, 2.24) is 10.2 Å². The molecule has 2 aliphatic carbocycles. The Balaban J connectivity index is 1.92. The van der Waals surface area contributed by atoms with Gasteiger partial charge in [0.2, 0.25) is 0 Å². The molecule has 0 spiro atoms. The van der Waals surface area contributed by atoms with Crippen molar-refractivity contribution >= 4 is 5.78 Å². The summed E-state index contributed by atoms with van der Waals surface area (Å²) < 4.78 is 0. The van der Waals surface area contributed by atoms with E-state index in [4.69, 9.17) is 0 Å². The van der Waals surface area contributed by atoms with E-state index in [2.05, 4.69) is 35.3 Å². The molecule has 0 amide bonds. The van der Waals surface area contributed by atoms with E-state index in [9.17, 15) is 10.1 Å². The lowest BCUT2D eigenvalue weighted by atomic mass is 9.52. The number of aromatic nitrogens is 2. The smallest absolute Gasteiger partial charge is 0.178 e. The van der Waals surface area contributed by atoms with Crippen LogP contribution in [-0.2, 0) is 16.6 Å². The van der Waals surface area contributed by atoms with Gasteiger partial charge in [-0.15, -0.1) is 0 Å². The summed E-state index contributed by atoms with van der Waals surface area (Å²) in [6.45, 7) is 6.08. The first-order valence-electron chi connectivity index (χ1n) is 8.70. The third-order valence-corrected chi connectivity index (χ3v) is 6.13. The molecule has 1 heterocycles. The Labute approximate surface area is 147 Å². The molecule has 1 aromatic carbocycles. The van der Waals surface area contributed by atoms with E-state index in [1.54, 1.807) is 0 Å². The molecule has 4 rings (SSSR count). The molecule has 1 unspecified atom stereocenters. The first-order chi connectivity index (χ1) is 11.9. The lowest BCUT2D eigenvalue weighted by Gasteiger charge is -2.49. The maximum atomic E-state index is 12.7. The van der Waals surface area contributed by atoms with E-state index < -0.39 is 5.41 Å². The number of fused-ring (bicyclic) bond motifs is 3. The van der Waals surface area contributed by atoms with Gasteiger partial charge in [0.1, 0.15) is 6.07 Å². The number of hydrogen-bond acceptors (Lipinski definition) is 3. The average Bonchev–Trinajstić information content (AvgIpc) is 3.04. The number of H-pyrrole nitrogens is 1. The van der Waals surface area contributed by atoms with Gasteiger partial charge in [-0.1, -0.05) is 57.2 Å². The summed E-state index contributed by atoms with van der Waals surface area (Å²) in [5.74, 6) is 0.116. The van der Waals surface area contributed by atoms with Gasteiger partial charge in [0, 0.05) is 27.7 Å². The highest BCUT2D eigenvalue weighted by molar-refractivity contribution is 6.04. The van der Waals surface area contributed by atoms with Crippen molar-refractivity contribution in [3.8, 4) is 17.3 Å². The number of Topliss-reactive ketones (excluding diaryl/α,β-unsaturated/α-hetero) is 1. The van der Waals surface area contributed by atoms with Crippen molar-refractivity contribution in [2.75, 3.05) is 0 Å². The fourth-order valence-corrected chi connectivity index (χ4v) is 4.89. The molecule has 1 aromatic heterocycles. The van der Waals surface area contributed by atoms with Gasteiger partial charge >= 0.3 is 0 Å². The third kappa shape index (κ3) is 2.05. The maximum Gasteiger partial charge on any atom is 0.178 e. The Bertz CT molecular complexity index is 930. The number of ketones is 1. The van der Waals surface area contributed by atoms with Crippen molar-refractivity contribution in [1.29, 1.82) is 5.26 Å². The highest BCUT2D eigenvalue weighted by Crippen LogP contribution is 2.55. The predicted molar refractivity (Wildman–Crippen MR) is 95.7 cm³/mol. The van der Waals surface area contributed by atoms with Crippen LogP contribution in [0.2, 0.25) is 0 Å². The van der Waals surface area contributed by atoms with Crippen LogP contribution in [0.3, 0.4) is 0 Å². The first kappa shape index (κ1) is 15.8. The van der Waals surface area contributed by atoms with Crippen LogP contribution >= 0.6 is 0 Å². The molecule has 0 fully saturated rings. The molecule has 2 aromatic rings. The quantitative estimate of drug-likeness (QED) is 0.860. The number of nitrogens with zero attached hydrogens (tertiary/aromatic N) is 2. The molecule has 4 nitrogen and oxygen atoms in total. The second-order valence-corrected chi connectivity index (χ2v) is 7.89. The molecule has 0 bridgehead atoms. The summed E-state index contributed by atoms with van der Waals surface area (Å²) in [6, 6.07) is 12.3. The third-order valence-electron chi connectivity index (χ3n) is 6.13. The number of benzene rings is 1. The Morgan fingerprint density at radius 3 is 2.64 bits per heavy atom. The average molecular weight is 331 g/mol. The monoisotopic (exact) mass is 331 g/mol. The van der Waals surface area contributed by atoms with Crippen LogP contribution in [0.5, 0.6) is 0 Å². The maximum absolute atomic E-state index is 12.7. The van der Waals surface area contributed by atoms with Gasteiger partial charge in [-0.25, -0.2) is 0 Å². The second kappa shape index (κ2) is 5.16. The molecular formula is C21H21N3O. The van der Waals surface area contributed by atoms with E-state index in [1.807, 2.05) is 38.1 Å². The minimum absolute atomic E-state index is 0.0382. The molecular weight excluding hydrogens is 310 g/mol. The summed E-state index contributed by atoms with van der Waals surface area (Å²) in [6.07, 6.45) is 3.68. The minimum atomic E-state index is -0.551. The van der Waals surface area contributed by atoms with Gasteiger partial charge in [-0.3, -0.25) is 9.89 Å². The van der Waals surface area contributed by atoms with Crippen molar-refractivity contribution in [2.24, 2.45) is 11.3 Å². The molecule has 25 heavy (non-hydrogen) atoms. The Kier molecular flexibility index (Phi) is 3.27. The fraction of sp³-hybridized carbons (Fsp3) is 0.381. The van der Waals surface area contributed by atoms with Crippen LogP contribution in [0.15, 0.2) is 42.0 Å². The molecule has 126 valence electrons. The number of carbonyl (C=O) groups excluding carboxylic acids is 1. The van der Waals surface area contributed by atoms with Gasteiger partial charge in [0.25, 0.3) is 0 Å². The number of aromatic amines is 1. The largest absolute Gasteiger partial charge is 0.293 e. The van der Waals surface area contributed by atoms with Gasteiger partial charge in [-0.2, -0.15) is 10.4 Å². The SMILES string of the molecule is CC1(C)C(=O)C(C#N)=C[C@]2(C)c3[nH]nc(-c4ccccc4)c3CCC12. The molecule has 2 aliphatic rings. The Morgan fingerprint density at radius 1 is 1.24 bits per heavy atom. The first-order valence-corrected chi connectivity index (χ1v) is 8.70. The van der Waals surface area contributed by atoms with Gasteiger partial charge < -0.3 is 0 Å². The Morgan fingerprint density at radius 2 is 1.96 bits per heavy atom. The van der Waals surface area contributed by atoms with E-state index in [1.165, 1.54) is 5.56 Å². The topological polar surface area (TPSA) is 69.5 Å². The molecule has 0 saturated carbocycles. The van der Waals surface area contributed by atoms with E-state index in [-0.39, 0.29) is 22.7 Å². The fourth-order valence-electron chi connectivity index (χ4n) is 4.89. The zero-order valence-electron chi connectivity index (χ0n) is 14.8. The summed E-state index contributed by atoms with van der Waals surface area (Å²) >= 11 is 0. The summed E-state index contributed by atoms with van der Waals surface area (Å²) in [7, 11) is 0. The molecule has 0 aliphatic heterocycles. The molecule has 4 heteroatoms. The van der Waals surface area contributed by atoms with Crippen molar-refractivity contribution in [3.63, 3.8) is 0 Å². The van der Waals surface area contributed by atoms with Crippen LogP contribution in [0.1, 0.15) is 38.4 Å². The molecule has 0 radical (unpaired) electrons. The number of nitriles is 1. The van der Waals surface area contributed by atoms with Crippen LogP contribution in [0, 0.1) is 22.7 Å². The van der Waals surface area contributed by atoms with E-state index in [0.29, 0.717) is 0 Å². The molecule has 1 N–H and O–H groups in total. The lowest BCUT2D eigenvalue weighted by Crippen LogP contribution is -2.51. The summed E-state index contributed by atoms with van der Waals surface area (Å²) in [5.41, 5.74) is 3.68. The second-order valence-electron chi connectivity index (χ2n) is 7.89. The van der Waals surface area contributed by atoms with Crippen molar-refractivity contribution in [3.05, 3.63) is 53.2 Å². The van der Waals surface area contributed by atoms with Crippen LogP contribution in [0.4, 0.5) is 0 Å². The number of hydrogen-bond donors (Lipinski definition) is 1. The summed E-state index contributed by atoms with van der Waals surface area (Å²) in [4.78, 5) is 12.7. The predicted octanol–water partition coefficient (Wildman–Crippen LogP) is 3.96. The number of rotatable bonds is 1. The molecule has 2 atom stereocenters. The highest BCUT2D eigenvalue weighted by Gasteiger charge is 2.54. The standard InChI is InChI=1S/C21H21N3O/c1-20(2)16-10-9-15-17(13-7-5-4-6-8-13)23-24-18(15)21(16,3)11-14(12-22)19(20)25/h4-8,11,16H,9-10H2,1-3H3,(H,23,24)/t16?,21-/m0/s1. The normalized spacial score (nSPS) is 27.0.